The Labute approximate surface area is 98.7 Å². The van der Waals surface area contributed by atoms with Crippen LogP contribution in [-0.4, -0.2) is 23.6 Å². The first-order valence-corrected chi connectivity index (χ1v) is 6.20. The molecule has 1 aromatic rings. The summed E-state index contributed by atoms with van der Waals surface area (Å²) in [5.41, 5.74) is 2.27. The van der Waals surface area contributed by atoms with Gasteiger partial charge in [0.2, 0.25) is 0 Å². The molecule has 1 heterocycles. The minimum absolute atomic E-state index is 0.431. The van der Waals surface area contributed by atoms with E-state index >= 15 is 0 Å². The third-order valence-corrected chi connectivity index (χ3v) is 2.74. The van der Waals surface area contributed by atoms with Crippen LogP contribution >= 0.6 is 0 Å². The second-order valence-corrected chi connectivity index (χ2v) is 4.27. The first-order chi connectivity index (χ1) is 7.71. The summed E-state index contributed by atoms with van der Waals surface area (Å²) in [6.07, 6.45) is 3.26. The molecule has 3 heteroatoms. The van der Waals surface area contributed by atoms with Gasteiger partial charge in [-0.05, 0) is 32.9 Å². The summed E-state index contributed by atoms with van der Waals surface area (Å²) in [7, 11) is 1.98. The van der Waals surface area contributed by atoms with Gasteiger partial charge in [0, 0.05) is 23.9 Å². The minimum Gasteiger partial charge on any atom is -0.319 e. The largest absolute Gasteiger partial charge is 0.319 e. The van der Waals surface area contributed by atoms with E-state index in [9.17, 15) is 0 Å². The van der Waals surface area contributed by atoms with E-state index in [1.165, 1.54) is 5.69 Å². The molecule has 1 atom stereocenters. The molecule has 0 saturated heterocycles. The van der Waals surface area contributed by atoms with E-state index in [2.05, 4.69) is 42.1 Å². The Kier molecular flexibility index (Phi) is 5.39. The van der Waals surface area contributed by atoms with Gasteiger partial charge in [-0.1, -0.05) is 20.3 Å². The second-order valence-electron chi connectivity index (χ2n) is 4.27. The van der Waals surface area contributed by atoms with E-state index in [4.69, 9.17) is 0 Å². The van der Waals surface area contributed by atoms with Gasteiger partial charge >= 0.3 is 0 Å². The normalized spacial score (nSPS) is 12.8. The average molecular weight is 221 g/mol. The summed E-state index contributed by atoms with van der Waals surface area (Å²) in [4.78, 5) is 9.22. The van der Waals surface area contributed by atoms with E-state index in [1.54, 1.807) is 0 Å². The summed E-state index contributed by atoms with van der Waals surface area (Å²) < 4.78 is 0. The smallest absolute Gasteiger partial charge is 0.133 e. The van der Waals surface area contributed by atoms with Gasteiger partial charge in [0.1, 0.15) is 5.82 Å². The number of nitrogens with zero attached hydrogens (tertiary/aromatic N) is 2. The van der Waals surface area contributed by atoms with E-state index in [0.29, 0.717) is 5.92 Å². The SMILES string of the molecule is CCCc1cc(C)nc(C(CC)CNC)n1. The van der Waals surface area contributed by atoms with Crippen LogP contribution in [0.25, 0.3) is 0 Å². The molecule has 0 bridgehead atoms. The van der Waals surface area contributed by atoms with Crippen molar-refractivity contribution in [3.8, 4) is 0 Å². The number of aromatic nitrogens is 2. The number of likely N-dealkylation sites (N-methyl/N-ethyl adjacent to an activating group) is 1. The molecule has 0 spiro atoms. The van der Waals surface area contributed by atoms with Crippen molar-refractivity contribution in [3.63, 3.8) is 0 Å². The van der Waals surface area contributed by atoms with Crippen LogP contribution in [0.2, 0.25) is 0 Å². The zero-order chi connectivity index (χ0) is 12.0. The van der Waals surface area contributed by atoms with Crippen LogP contribution in [0.15, 0.2) is 6.07 Å². The summed E-state index contributed by atoms with van der Waals surface area (Å²) in [5, 5.41) is 3.21. The Bertz CT molecular complexity index is 323. The number of hydrogen-bond donors (Lipinski definition) is 1. The van der Waals surface area contributed by atoms with Crippen molar-refractivity contribution in [2.24, 2.45) is 0 Å². The molecule has 1 rings (SSSR count). The molecule has 0 aliphatic heterocycles. The third-order valence-electron chi connectivity index (χ3n) is 2.74. The maximum Gasteiger partial charge on any atom is 0.133 e. The standard InChI is InChI=1S/C13H23N3/c1-5-7-12-8-10(3)15-13(16-12)11(6-2)9-14-4/h8,11,14H,5-7,9H2,1-4H3. The van der Waals surface area contributed by atoms with Crippen LogP contribution in [0.1, 0.15) is 49.8 Å². The summed E-state index contributed by atoms with van der Waals surface area (Å²) in [5.74, 6) is 1.43. The molecule has 0 saturated carbocycles. The maximum atomic E-state index is 4.66. The molecular formula is C13H23N3. The Hall–Kier alpha value is -0.960. The van der Waals surface area contributed by atoms with Gasteiger partial charge in [-0.2, -0.15) is 0 Å². The molecule has 0 amide bonds. The predicted molar refractivity (Wildman–Crippen MR) is 67.7 cm³/mol. The molecule has 0 radical (unpaired) electrons. The monoisotopic (exact) mass is 221 g/mol. The van der Waals surface area contributed by atoms with Crippen molar-refractivity contribution in [2.45, 2.75) is 46.0 Å². The lowest BCUT2D eigenvalue weighted by Crippen LogP contribution is -2.19. The summed E-state index contributed by atoms with van der Waals surface area (Å²) in [6.45, 7) is 7.37. The molecule has 1 aromatic heterocycles. The van der Waals surface area contributed by atoms with Crippen molar-refractivity contribution in [1.82, 2.24) is 15.3 Å². The van der Waals surface area contributed by atoms with Crippen LogP contribution in [-0.2, 0) is 6.42 Å². The lowest BCUT2D eigenvalue weighted by Gasteiger charge is -2.14. The van der Waals surface area contributed by atoms with Gasteiger partial charge < -0.3 is 5.32 Å². The zero-order valence-corrected chi connectivity index (χ0v) is 10.9. The second kappa shape index (κ2) is 6.59. The quantitative estimate of drug-likeness (QED) is 0.802. The molecule has 3 nitrogen and oxygen atoms in total. The lowest BCUT2D eigenvalue weighted by molar-refractivity contribution is 0.574. The molecule has 1 N–H and O–H groups in total. The molecule has 0 fully saturated rings. The van der Waals surface area contributed by atoms with E-state index in [0.717, 1.165) is 37.3 Å². The molecule has 0 aliphatic rings. The number of hydrogen-bond acceptors (Lipinski definition) is 3. The first-order valence-electron chi connectivity index (χ1n) is 6.20. The molecule has 1 unspecified atom stereocenters. The number of nitrogens with one attached hydrogen (secondary N) is 1. The number of rotatable bonds is 6. The Morgan fingerprint density at radius 3 is 2.62 bits per heavy atom. The highest BCUT2D eigenvalue weighted by Gasteiger charge is 2.12. The fourth-order valence-electron chi connectivity index (χ4n) is 1.89. The summed E-state index contributed by atoms with van der Waals surface area (Å²) >= 11 is 0. The van der Waals surface area contributed by atoms with Gasteiger partial charge in [-0.3, -0.25) is 0 Å². The lowest BCUT2D eigenvalue weighted by atomic mass is 10.1. The van der Waals surface area contributed by atoms with Crippen molar-refractivity contribution in [1.29, 1.82) is 0 Å². The van der Waals surface area contributed by atoms with E-state index in [-0.39, 0.29) is 0 Å². The average Bonchev–Trinajstić information content (AvgIpc) is 2.25. The van der Waals surface area contributed by atoms with Crippen molar-refractivity contribution >= 4 is 0 Å². The van der Waals surface area contributed by atoms with Crippen LogP contribution in [0, 0.1) is 6.92 Å². The molecular weight excluding hydrogens is 198 g/mol. The predicted octanol–water partition coefficient (Wildman–Crippen LogP) is 2.45. The van der Waals surface area contributed by atoms with E-state index in [1.807, 2.05) is 7.05 Å². The van der Waals surface area contributed by atoms with Gasteiger partial charge in [0.25, 0.3) is 0 Å². The maximum absolute atomic E-state index is 4.66. The Balaban J connectivity index is 2.92. The Morgan fingerprint density at radius 1 is 1.31 bits per heavy atom. The summed E-state index contributed by atoms with van der Waals surface area (Å²) in [6, 6.07) is 2.10. The highest BCUT2D eigenvalue weighted by molar-refractivity contribution is 5.12. The van der Waals surface area contributed by atoms with Gasteiger partial charge in [0.05, 0.1) is 0 Å². The van der Waals surface area contributed by atoms with Crippen LogP contribution in [0.4, 0.5) is 0 Å². The van der Waals surface area contributed by atoms with E-state index < -0.39 is 0 Å². The fraction of sp³-hybridized carbons (Fsp3) is 0.692. The van der Waals surface area contributed by atoms with Gasteiger partial charge in [0.15, 0.2) is 0 Å². The van der Waals surface area contributed by atoms with Crippen molar-refractivity contribution in [2.75, 3.05) is 13.6 Å². The van der Waals surface area contributed by atoms with Crippen LogP contribution in [0.5, 0.6) is 0 Å². The highest BCUT2D eigenvalue weighted by atomic mass is 14.9. The third kappa shape index (κ3) is 3.56. The number of aryl methyl sites for hydroxylation is 2. The zero-order valence-electron chi connectivity index (χ0n) is 10.9. The van der Waals surface area contributed by atoms with Crippen LogP contribution < -0.4 is 5.32 Å². The highest BCUT2D eigenvalue weighted by Crippen LogP contribution is 2.16. The van der Waals surface area contributed by atoms with Crippen molar-refractivity contribution < 1.29 is 0 Å². The minimum atomic E-state index is 0.431. The van der Waals surface area contributed by atoms with Crippen molar-refractivity contribution in [3.05, 3.63) is 23.3 Å². The van der Waals surface area contributed by atoms with Crippen LogP contribution in [0.3, 0.4) is 0 Å². The molecule has 16 heavy (non-hydrogen) atoms. The fourth-order valence-corrected chi connectivity index (χ4v) is 1.89. The first kappa shape index (κ1) is 13.1. The topological polar surface area (TPSA) is 37.8 Å². The molecule has 0 aliphatic carbocycles. The van der Waals surface area contributed by atoms with Gasteiger partial charge in [-0.15, -0.1) is 0 Å². The molecule has 0 aromatic carbocycles. The molecule has 90 valence electrons. The van der Waals surface area contributed by atoms with Gasteiger partial charge in [-0.25, -0.2) is 9.97 Å². The Morgan fingerprint density at radius 2 is 2.06 bits per heavy atom.